The van der Waals surface area contributed by atoms with Gasteiger partial charge in [0.15, 0.2) is 0 Å². The lowest BCUT2D eigenvalue weighted by Gasteiger charge is -2.09. The molecule has 3 rings (SSSR count). The van der Waals surface area contributed by atoms with Crippen LogP contribution in [0.4, 0.5) is 13.2 Å². The monoisotopic (exact) mass is 300 g/mol. The lowest BCUT2D eigenvalue weighted by Crippen LogP contribution is -2.04. The Morgan fingerprint density at radius 1 is 0.727 bits per heavy atom. The van der Waals surface area contributed by atoms with Gasteiger partial charge in [-0.25, -0.2) is 0 Å². The molecule has 1 aromatic heterocycles. The second-order valence-corrected chi connectivity index (χ2v) is 4.77. The minimum Gasteiger partial charge on any atom is -0.166 e. The number of hydrogen-bond acceptors (Lipinski definition) is 2. The predicted octanol–water partition coefficient (Wildman–Crippen LogP) is 4.83. The molecule has 0 spiro atoms. The summed E-state index contributed by atoms with van der Waals surface area (Å²) in [5.74, 6) is 0. The Labute approximate surface area is 125 Å². The number of hydrogen-bond donors (Lipinski definition) is 0. The number of rotatable bonds is 2. The van der Waals surface area contributed by atoms with E-state index in [0.29, 0.717) is 16.8 Å². The van der Waals surface area contributed by atoms with Crippen LogP contribution in [0.15, 0.2) is 66.9 Å². The van der Waals surface area contributed by atoms with Crippen LogP contribution >= 0.6 is 0 Å². The van der Waals surface area contributed by atoms with E-state index in [4.69, 9.17) is 0 Å². The van der Waals surface area contributed by atoms with Gasteiger partial charge >= 0.3 is 6.18 Å². The molecule has 1 heterocycles. The minimum atomic E-state index is -4.36. The zero-order valence-corrected chi connectivity index (χ0v) is 11.4. The first kappa shape index (κ1) is 14.3. The highest BCUT2D eigenvalue weighted by Crippen LogP contribution is 2.32. The van der Waals surface area contributed by atoms with E-state index < -0.39 is 11.7 Å². The molecule has 0 N–H and O–H groups in total. The lowest BCUT2D eigenvalue weighted by atomic mass is 10.0. The Morgan fingerprint density at radius 2 is 1.45 bits per heavy atom. The van der Waals surface area contributed by atoms with E-state index in [1.807, 2.05) is 30.3 Å². The summed E-state index contributed by atoms with van der Waals surface area (Å²) in [6.07, 6.45) is -2.90. The first-order valence-electron chi connectivity index (χ1n) is 6.60. The molecule has 2 aromatic carbocycles. The van der Waals surface area contributed by atoms with Crippen molar-refractivity contribution >= 4 is 0 Å². The quantitative estimate of drug-likeness (QED) is 0.677. The van der Waals surface area contributed by atoms with E-state index in [0.717, 1.165) is 17.7 Å². The van der Waals surface area contributed by atoms with Crippen LogP contribution in [0.1, 0.15) is 5.56 Å². The van der Waals surface area contributed by atoms with Crippen LogP contribution in [-0.4, -0.2) is 10.2 Å². The van der Waals surface area contributed by atoms with Crippen LogP contribution in [0, 0.1) is 0 Å². The molecule has 0 bridgehead atoms. The largest absolute Gasteiger partial charge is 0.416 e. The van der Waals surface area contributed by atoms with Gasteiger partial charge in [0.2, 0.25) is 0 Å². The molecule has 0 unspecified atom stereocenters. The number of alkyl halides is 3. The molecule has 5 heteroatoms. The van der Waals surface area contributed by atoms with Crippen molar-refractivity contribution in [2.75, 3.05) is 0 Å². The highest BCUT2D eigenvalue weighted by molar-refractivity contribution is 5.69. The van der Waals surface area contributed by atoms with E-state index in [9.17, 15) is 13.2 Å². The molecule has 0 saturated carbocycles. The Bertz CT molecular complexity index is 783. The molecule has 0 amide bonds. The first-order valence-corrected chi connectivity index (χ1v) is 6.60. The zero-order valence-electron chi connectivity index (χ0n) is 11.4. The molecule has 110 valence electrons. The van der Waals surface area contributed by atoms with Gasteiger partial charge in [-0.15, -0.1) is 0 Å². The zero-order chi connectivity index (χ0) is 15.6. The number of halogens is 3. The van der Waals surface area contributed by atoms with Crippen molar-refractivity contribution in [2.45, 2.75) is 6.18 Å². The van der Waals surface area contributed by atoms with E-state index in [1.165, 1.54) is 12.3 Å². The second-order valence-electron chi connectivity index (χ2n) is 4.77. The molecular weight excluding hydrogens is 289 g/mol. The lowest BCUT2D eigenvalue weighted by molar-refractivity contribution is -0.137. The summed E-state index contributed by atoms with van der Waals surface area (Å²) in [5, 5.41) is 7.93. The van der Waals surface area contributed by atoms with Gasteiger partial charge < -0.3 is 0 Å². The third-order valence-electron chi connectivity index (χ3n) is 3.25. The maximum Gasteiger partial charge on any atom is 0.416 e. The Morgan fingerprint density at radius 3 is 2.18 bits per heavy atom. The fourth-order valence-corrected chi connectivity index (χ4v) is 2.15. The van der Waals surface area contributed by atoms with E-state index in [1.54, 1.807) is 12.1 Å². The molecule has 0 fully saturated rings. The maximum absolute atomic E-state index is 12.8. The standard InChI is InChI=1S/C17H11F3N2/c18-17(19,20)15-8-4-7-13(9-15)14-10-16(22-21-11-14)12-5-2-1-3-6-12/h1-11H. The van der Waals surface area contributed by atoms with Crippen molar-refractivity contribution in [1.29, 1.82) is 0 Å². The van der Waals surface area contributed by atoms with Crippen LogP contribution in [0.5, 0.6) is 0 Å². The van der Waals surface area contributed by atoms with Gasteiger partial charge in [0.05, 0.1) is 17.5 Å². The summed E-state index contributed by atoms with van der Waals surface area (Å²) >= 11 is 0. The van der Waals surface area contributed by atoms with E-state index in [2.05, 4.69) is 10.2 Å². The Balaban J connectivity index is 2.03. The average Bonchev–Trinajstić information content (AvgIpc) is 2.55. The topological polar surface area (TPSA) is 25.8 Å². The molecule has 0 atom stereocenters. The van der Waals surface area contributed by atoms with Crippen molar-refractivity contribution in [3.05, 3.63) is 72.4 Å². The van der Waals surface area contributed by atoms with Crippen LogP contribution < -0.4 is 0 Å². The molecule has 3 aromatic rings. The molecule has 0 aliphatic carbocycles. The predicted molar refractivity (Wildman–Crippen MR) is 77.9 cm³/mol. The molecule has 0 saturated heterocycles. The van der Waals surface area contributed by atoms with Crippen LogP contribution in [-0.2, 0) is 6.18 Å². The molecule has 0 aliphatic rings. The Hall–Kier alpha value is -2.69. The molecule has 0 radical (unpaired) electrons. The molecular formula is C17H11F3N2. The highest BCUT2D eigenvalue weighted by Gasteiger charge is 2.30. The van der Waals surface area contributed by atoms with Crippen LogP contribution in [0.25, 0.3) is 22.4 Å². The molecule has 0 aliphatic heterocycles. The van der Waals surface area contributed by atoms with Gasteiger partial charge in [0, 0.05) is 11.1 Å². The highest BCUT2D eigenvalue weighted by atomic mass is 19.4. The van der Waals surface area contributed by atoms with E-state index >= 15 is 0 Å². The van der Waals surface area contributed by atoms with Crippen LogP contribution in [0.3, 0.4) is 0 Å². The van der Waals surface area contributed by atoms with Crippen molar-refractivity contribution < 1.29 is 13.2 Å². The average molecular weight is 300 g/mol. The normalized spacial score (nSPS) is 11.4. The fourth-order valence-electron chi connectivity index (χ4n) is 2.15. The fraction of sp³-hybridized carbons (Fsp3) is 0.0588. The third-order valence-corrected chi connectivity index (χ3v) is 3.25. The van der Waals surface area contributed by atoms with Crippen molar-refractivity contribution in [3.63, 3.8) is 0 Å². The van der Waals surface area contributed by atoms with Crippen molar-refractivity contribution in [1.82, 2.24) is 10.2 Å². The summed E-state index contributed by atoms with van der Waals surface area (Å²) in [4.78, 5) is 0. The third kappa shape index (κ3) is 2.98. The first-order chi connectivity index (χ1) is 10.5. The second kappa shape index (κ2) is 5.60. The van der Waals surface area contributed by atoms with Crippen molar-refractivity contribution in [2.24, 2.45) is 0 Å². The summed E-state index contributed by atoms with van der Waals surface area (Å²) < 4.78 is 38.4. The number of benzene rings is 2. The summed E-state index contributed by atoms with van der Waals surface area (Å²) in [7, 11) is 0. The minimum absolute atomic E-state index is 0.460. The van der Waals surface area contributed by atoms with Gasteiger partial charge in [-0.2, -0.15) is 23.4 Å². The molecule has 2 nitrogen and oxygen atoms in total. The van der Waals surface area contributed by atoms with Crippen LogP contribution in [0.2, 0.25) is 0 Å². The van der Waals surface area contributed by atoms with Gasteiger partial charge in [0.1, 0.15) is 0 Å². The molecule has 22 heavy (non-hydrogen) atoms. The smallest absolute Gasteiger partial charge is 0.166 e. The maximum atomic E-state index is 12.8. The van der Waals surface area contributed by atoms with Crippen molar-refractivity contribution in [3.8, 4) is 22.4 Å². The van der Waals surface area contributed by atoms with Gasteiger partial charge in [0.25, 0.3) is 0 Å². The van der Waals surface area contributed by atoms with E-state index in [-0.39, 0.29) is 0 Å². The van der Waals surface area contributed by atoms with Gasteiger partial charge in [-0.1, -0.05) is 42.5 Å². The van der Waals surface area contributed by atoms with Gasteiger partial charge in [-0.3, -0.25) is 0 Å². The summed E-state index contributed by atoms with van der Waals surface area (Å²) in [6, 6.07) is 16.3. The number of nitrogens with zero attached hydrogens (tertiary/aromatic N) is 2. The SMILES string of the molecule is FC(F)(F)c1cccc(-c2cnnc(-c3ccccc3)c2)c1. The van der Waals surface area contributed by atoms with Gasteiger partial charge in [-0.05, 0) is 23.8 Å². The summed E-state index contributed by atoms with van der Waals surface area (Å²) in [6.45, 7) is 0. The number of aromatic nitrogens is 2. The summed E-state index contributed by atoms with van der Waals surface area (Å²) in [5.41, 5.74) is 1.87. The Kier molecular flexibility index (Phi) is 3.63.